The van der Waals surface area contributed by atoms with Crippen molar-refractivity contribution in [2.24, 2.45) is 11.8 Å². The van der Waals surface area contributed by atoms with Crippen LogP contribution in [-0.2, 0) is 0 Å². The molecule has 0 fully saturated rings. The molecule has 0 aromatic carbocycles. The normalized spacial score (nSPS) is 18.4. The molecule has 3 atom stereocenters. The van der Waals surface area contributed by atoms with Crippen LogP contribution < -0.4 is 0 Å². The second-order valence-electron chi connectivity index (χ2n) is 6.53. The van der Waals surface area contributed by atoms with E-state index in [-0.39, 0.29) is 0 Å². The van der Waals surface area contributed by atoms with Crippen LogP contribution >= 0.6 is 22.2 Å². The van der Waals surface area contributed by atoms with Gasteiger partial charge in [-0.15, -0.1) is 22.2 Å². The summed E-state index contributed by atoms with van der Waals surface area (Å²) in [5, 5.41) is 0. The molecule has 0 radical (unpaired) electrons. The Hall–Kier alpha value is 0.862. The van der Waals surface area contributed by atoms with Crippen LogP contribution in [0.4, 0.5) is 0 Å². The van der Waals surface area contributed by atoms with Crippen LogP contribution in [-0.4, -0.2) is 13.4 Å². The van der Waals surface area contributed by atoms with E-state index < -0.39 is 6.69 Å². The third-order valence-corrected chi connectivity index (χ3v) is 8.74. The van der Waals surface area contributed by atoms with E-state index in [0.29, 0.717) is 35.6 Å². The van der Waals surface area contributed by atoms with Gasteiger partial charge in [-0.2, -0.15) is 0 Å². The number of hydrogen-bond donors (Lipinski definition) is 0. The number of hydrogen-bond acceptors (Lipinski definition) is 0. The third kappa shape index (κ3) is 5.16. The molecule has 17 heavy (non-hydrogen) atoms. The summed E-state index contributed by atoms with van der Waals surface area (Å²) in [4.78, 5) is 0. The Kier molecular flexibility index (Phi) is 7.21. The quantitative estimate of drug-likeness (QED) is 0.413. The zero-order valence-corrected chi connectivity index (χ0v) is 15.2. The summed E-state index contributed by atoms with van der Waals surface area (Å²) in [7, 11) is 0. The van der Waals surface area contributed by atoms with Gasteiger partial charge in [-0.05, 0) is 12.0 Å². The summed E-state index contributed by atoms with van der Waals surface area (Å²) < 4.78 is 0. The summed E-state index contributed by atoms with van der Waals surface area (Å²) in [6.45, 7) is 16.8. The van der Waals surface area contributed by atoms with E-state index in [9.17, 15) is 0 Å². The zero-order valence-electron chi connectivity index (χ0n) is 12.7. The van der Waals surface area contributed by atoms with Crippen molar-refractivity contribution in [1.29, 1.82) is 0 Å². The highest BCUT2D eigenvalue weighted by Gasteiger charge is 2.44. The molecule has 0 nitrogen and oxygen atoms in total. The maximum Gasteiger partial charge on any atom is 0.244 e. The van der Waals surface area contributed by atoms with E-state index in [1.807, 2.05) is 0 Å². The molecular weight excluding hydrogens is 266 g/mol. The summed E-state index contributed by atoms with van der Waals surface area (Å²) in [5.74, 6) is 2.72. The van der Waals surface area contributed by atoms with E-state index in [1.54, 1.807) is 0 Å². The van der Waals surface area contributed by atoms with Crippen LogP contribution in [0.2, 0.25) is 23.6 Å². The zero-order chi connectivity index (χ0) is 14.0. The first kappa shape index (κ1) is 17.9. The molecule has 0 aliphatic heterocycles. The van der Waals surface area contributed by atoms with Gasteiger partial charge in [0, 0.05) is 0 Å². The van der Waals surface area contributed by atoms with Gasteiger partial charge in [0.05, 0.1) is 0 Å². The molecule has 0 spiro atoms. The third-order valence-electron chi connectivity index (χ3n) is 4.69. The second kappa shape index (κ2) is 6.86. The van der Waals surface area contributed by atoms with Gasteiger partial charge in [0.1, 0.15) is 6.71 Å². The van der Waals surface area contributed by atoms with Gasteiger partial charge in [0.25, 0.3) is 0 Å². The van der Waals surface area contributed by atoms with Crippen molar-refractivity contribution in [3.63, 3.8) is 0 Å². The van der Waals surface area contributed by atoms with Crippen LogP contribution in [0.5, 0.6) is 0 Å². The van der Waals surface area contributed by atoms with E-state index in [2.05, 4.69) is 55.0 Å². The van der Waals surface area contributed by atoms with Gasteiger partial charge in [0.15, 0.2) is 0 Å². The SMILES string of the molecule is CC(C)C(C)B(C(C)C(C)C)C(C)[Si](C)(Cl)Cl. The van der Waals surface area contributed by atoms with Gasteiger partial charge >= 0.3 is 0 Å². The van der Waals surface area contributed by atoms with Crippen molar-refractivity contribution in [2.45, 2.75) is 72.1 Å². The Morgan fingerprint density at radius 2 is 1.06 bits per heavy atom. The van der Waals surface area contributed by atoms with Gasteiger partial charge in [-0.25, -0.2) is 0 Å². The van der Waals surface area contributed by atoms with E-state index in [0.717, 1.165) is 0 Å². The fourth-order valence-corrected chi connectivity index (χ4v) is 4.77. The van der Waals surface area contributed by atoms with Gasteiger partial charge in [-0.3, -0.25) is 0 Å². The lowest BCUT2D eigenvalue weighted by atomic mass is 9.29. The van der Waals surface area contributed by atoms with E-state index in [1.165, 1.54) is 0 Å². The van der Waals surface area contributed by atoms with Crippen LogP contribution in [0.1, 0.15) is 48.5 Å². The Morgan fingerprint density at radius 3 is 1.24 bits per heavy atom. The average molecular weight is 295 g/mol. The minimum absolute atomic E-state index is 0.445. The first-order valence-electron chi connectivity index (χ1n) is 6.87. The van der Waals surface area contributed by atoms with Gasteiger partial charge in [-0.1, -0.05) is 71.9 Å². The average Bonchev–Trinajstić information content (AvgIpc) is 2.15. The predicted octanol–water partition coefficient (Wildman–Crippen LogP) is 6.05. The van der Waals surface area contributed by atoms with Crippen LogP contribution in [0.25, 0.3) is 0 Å². The highest BCUT2D eigenvalue weighted by atomic mass is 35.7. The molecule has 0 aliphatic carbocycles. The lowest BCUT2D eigenvalue weighted by Crippen LogP contribution is -2.41. The standard InChI is InChI=1S/C13H29BCl2Si/c1-9(2)11(5)14(12(6)10(3)4)13(7)17(8,15)16/h9-13H,1-8H3. The second-order valence-corrected chi connectivity index (χ2v) is 14.6. The van der Waals surface area contributed by atoms with Crippen molar-refractivity contribution in [2.75, 3.05) is 0 Å². The molecule has 0 rings (SSSR count). The maximum absolute atomic E-state index is 6.48. The summed E-state index contributed by atoms with van der Waals surface area (Å²) in [6, 6.07) is 0. The lowest BCUT2D eigenvalue weighted by Gasteiger charge is -2.38. The van der Waals surface area contributed by atoms with Crippen LogP contribution in [0.3, 0.4) is 0 Å². The van der Waals surface area contributed by atoms with Crippen molar-refractivity contribution in [3.05, 3.63) is 0 Å². The molecule has 0 aliphatic rings. The van der Waals surface area contributed by atoms with Crippen molar-refractivity contribution in [1.82, 2.24) is 0 Å². The molecule has 0 saturated heterocycles. The maximum atomic E-state index is 6.48. The fourth-order valence-electron chi connectivity index (χ4n) is 2.62. The van der Waals surface area contributed by atoms with E-state index in [4.69, 9.17) is 22.2 Å². The molecule has 0 N–H and O–H groups in total. The van der Waals surface area contributed by atoms with Gasteiger partial charge in [0.2, 0.25) is 6.69 Å². The monoisotopic (exact) mass is 294 g/mol. The Balaban J connectivity index is 5.11. The molecule has 0 aromatic rings. The van der Waals surface area contributed by atoms with Crippen LogP contribution in [0, 0.1) is 11.8 Å². The molecule has 102 valence electrons. The van der Waals surface area contributed by atoms with Crippen molar-refractivity contribution in [3.8, 4) is 0 Å². The van der Waals surface area contributed by atoms with Crippen molar-refractivity contribution < 1.29 is 0 Å². The Bertz CT molecular complexity index is 212. The van der Waals surface area contributed by atoms with E-state index >= 15 is 0 Å². The fraction of sp³-hybridized carbons (Fsp3) is 1.00. The summed E-state index contributed by atoms with van der Waals surface area (Å²) >= 11 is 13.0. The molecule has 0 amide bonds. The first-order valence-corrected chi connectivity index (χ1v) is 11.5. The number of rotatable bonds is 6. The summed E-state index contributed by atoms with van der Waals surface area (Å²) in [5.41, 5.74) is 0.445. The minimum Gasteiger partial charge on any atom is -0.147 e. The first-order chi connectivity index (χ1) is 7.50. The molecule has 3 unspecified atom stereocenters. The molecule has 0 saturated carbocycles. The molecular formula is C13H29BCl2Si. The Morgan fingerprint density at radius 1 is 0.765 bits per heavy atom. The topological polar surface area (TPSA) is 0 Å². The minimum atomic E-state index is -2.10. The molecule has 0 aromatic heterocycles. The Labute approximate surface area is 119 Å². The largest absolute Gasteiger partial charge is 0.244 e. The smallest absolute Gasteiger partial charge is 0.147 e. The molecule has 0 bridgehead atoms. The molecule has 4 heteroatoms. The predicted molar refractivity (Wildman–Crippen MR) is 87.0 cm³/mol. The highest BCUT2D eigenvalue weighted by molar-refractivity contribution is 7.47. The van der Waals surface area contributed by atoms with Crippen molar-refractivity contribution >= 4 is 35.6 Å². The van der Waals surface area contributed by atoms with Crippen LogP contribution in [0.15, 0.2) is 0 Å². The van der Waals surface area contributed by atoms with Gasteiger partial charge < -0.3 is 0 Å². The molecule has 0 heterocycles. The highest BCUT2D eigenvalue weighted by Crippen LogP contribution is 2.44. The lowest BCUT2D eigenvalue weighted by molar-refractivity contribution is 0.557. The number of halogens is 2. The summed E-state index contributed by atoms with van der Waals surface area (Å²) in [6.07, 6.45) is 0.